The highest BCUT2D eigenvalue weighted by Crippen LogP contribution is 2.13. The largest absolute Gasteiger partial charge is 0.348 e. The van der Waals surface area contributed by atoms with Crippen molar-refractivity contribution in [3.8, 4) is 0 Å². The van der Waals surface area contributed by atoms with Gasteiger partial charge in [0.1, 0.15) is 5.65 Å². The van der Waals surface area contributed by atoms with E-state index in [1.54, 1.807) is 24.3 Å². The third-order valence-corrected chi connectivity index (χ3v) is 4.83. The summed E-state index contributed by atoms with van der Waals surface area (Å²) in [4.78, 5) is 43.1. The molecule has 0 saturated carbocycles. The topological polar surface area (TPSA) is 143 Å². The van der Waals surface area contributed by atoms with E-state index in [0.717, 1.165) is 6.26 Å². The number of benzene rings is 1. The average Bonchev–Trinajstić information content (AvgIpc) is 2.68. The number of nitrogens with one attached hydrogen (secondary N) is 3. The highest BCUT2D eigenvalue weighted by atomic mass is 32.2. The fraction of sp³-hybridized carbons (Fsp3) is 0.263. The zero-order valence-corrected chi connectivity index (χ0v) is 17.2. The number of nitrogens with zero attached hydrogens (tertiary/aromatic N) is 2. The number of carbonyl (C=O) groups excluding carboxylic acids is 1. The summed E-state index contributed by atoms with van der Waals surface area (Å²) < 4.78 is 26.4. The van der Waals surface area contributed by atoms with E-state index in [9.17, 15) is 22.8 Å². The van der Waals surface area contributed by atoms with Gasteiger partial charge in [0.15, 0.2) is 0 Å². The summed E-state index contributed by atoms with van der Waals surface area (Å²) in [7, 11) is -3.41. The van der Waals surface area contributed by atoms with Crippen LogP contribution in [0.2, 0.25) is 0 Å². The van der Waals surface area contributed by atoms with Gasteiger partial charge < -0.3 is 5.32 Å². The minimum atomic E-state index is -3.41. The van der Waals surface area contributed by atoms with Crippen molar-refractivity contribution < 1.29 is 13.2 Å². The molecule has 0 saturated heterocycles. The van der Waals surface area contributed by atoms with E-state index in [0.29, 0.717) is 24.2 Å². The third-order valence-electron chi connectivity index (χ3n) is 4.23. The molecule has 0 atom stereocenters. The molecule has 3 aromatic rings. The van der Waals surface area contributed by atoms with Crippen LogP contribution in [-0.4, -0.2) is 35.1 Å². The third kappa shape index (κ3) is 4.92. The number of rotatable bonds is 7. The fourth-order valence-corrected chi connectivity index (χ4v) is 3.52. The number of carbonyl (C=O) groups is 1. The number of aryl methyl sites for hydroxylation is 1. The highest BCUT2D eigenvalue weighted by molar-refractivity contribution is 7.92. The Hall–Kier alpha value is -3.47. The zero-order chi connectivity index (χ0) is 21.9. The lowest BCUT2D eigenvalue weighted by molar-refractivity contribution is 0.0950. The quantitative estimate of drug-likeness (QED) is 0.505. The van der Waals surface area contributed by atoms with Gasteiger partial charge in [-0.15, -0.1) is 0 Å². The predicted octanol–water partition coefficient (Wildman–Crippen LogP) is 0.796. The van der Waals surface area contributed by atoms with Gasteiger partial charge in [0.05, 0.1) is 17.2 Å². The standard InChI is InChI=1S/C19H21N5O5S/c1-3-7-24-16-15(18(26)22-19(24)27)9-13(11-20-16)17(25)21-10-12-5-4-6-14(8-12)23-30(2,28)29/h4-6,8-9,11,23H,3,7,10H2,1-2H3,(H,21,25)(H,22,26,27). The summed E-state index contributed by atoms with van der Waals surface area (Å²) in [6, 6.07) is 8.00. The number of H-pyrrole nitrogens is 1. The lowest BCUT2D eigenvalue weighted by Gasteiger charge is -2.10. The molecule has 10 nitrogen and oxygen atoms in total. The van der Waals surface area contributed by atoms with Crippen LogP contribution in [0.5, 0.6) is 0 Å². The van der Waals surface area contributed by atoms with Crippen LogP contribution in [0.1, 0.15) is 29.3 Å². The minimum Gasteiger partial charge on any atom is -0.348 e. The molecule has 3 rings (SSSR count). The molecule has 0 aliphatic heterocycles. The van der Waals surface area contributed by atoms with Crippen molar-refractivity contribution in [1.82, 2.24) is 19.9 Å². The van der Waals surface area contributed by atoms with Gasteiger partial charge in [-0.1, -0.05) is 19.1 Å². The number of hydrogen-bond donors (Lipinski definition) is 3. The van der Waals surface area contributed by atoms with E-state index < -0.39 is 27.2 Å². The van der Waals surface area contributed by atoms with Crippen LogP contribution in [0, 0.1) is 0 Å². The monoisotopic (exact) mass is 431 g/mol. The first kappa shape index (κ1) is 21.2. The summed E-state index contributed by atoms with van der Waals surface area (Å²) >= 11 is 0. The van der Waals surface area contributed by atoms with E-state index in [4.69, 9.17) is 0 Å². The molecule has 158 valence electrons. The Labute approximate surface area is 172 Å². The number of pyridine rings is 1. The molecule has 1 amide bonds. The van der Waals surface area contributed by atoms with E-state index in [1.165, 1.54) is 16.8 Å². The number of sulfonamides is 1. The number of anilines is 1. The van der Waals surface area contributed by atoms with Gasteiger partial charge in [-0.3, -0.25) is 23.9 Å². The second-order valence-electron chi connectivity index (χ2n) is 6.76. The molecule has 0 aliphatic carbocycles. The lowest BCUT2D eigenvalue weighted by Crippen LogP contribution is -2.31. The van der Waals surface area contributed by atoms with E-state index in [1.807, 2.05) is 6.92 Å². The molecule has 0 spiro atoms. The van der Waals surface area contributed by atoms with Crippen LogP contribution >= 0.6 is 0 Å². The minimum absolute atomic E-state index is 0.141. The maximum absolute atomic E-state index is 12.5. The first-order valence-corrected chi connectivity index (χ1v) is 11.0. The summed E-state index contributed by atoms with van der Waals surface area (Å²) in [5.41, 5.74) is 0.310. The maximum atomic E-state index is 12.5. The van der Waals surface area contributed by atoms with Gasteiger partial charge in [-0.2, -0.15) is 0 Å². The molecule has 2 aromatic heterocycles. The molecule has 0 fully saturated rings. The van der Waals surface area contributed by atoms with Crippen molar-refractivity contribution in [1.29, 1.82) is 0 Å². The number of aromatic nitrogens is 3. The molecule has 0 radical (unpaired) electrons. The van der Waals surface area contributed by atoms with E-state index in [2.05, 4.69) is 20.0 Å². The average molecular weight is 431 g/mol. The Kier molecular flexibility index (Phi) is 6.01. The molecule has 11 heteroatoms. The van der Waals surface area contributed by atoms with Gasteiger partial charge in [-0.25, -0.2) is 18.2 Å². The lowest BCUT2D eigenvalue weighted by atomic mass is 10.2. The summed E-state index contributed by atoms with van der Waals surface area (Å²) in [5, 5.41) is 2.85. The Balaban J connectivity index is 1.82. The fourth-order valence-electron chi connectivity index (χ4n) is 2.97. The Morgan fingerprint density at radius 3 is 2.70 bits per heavy atom. The second-order valence-corrected chi connectivity index (χ2v) is 8.51. The van der Waals surface area contributed by atoms with Crippen LogP contribution in [0.25, 0.3) is 11.0 Å². The van der Waals surface area contributed by atoms with Gasteiger partial charge >= 0.3 is 5.69 Å². The molecule has 30 heavy (non-hydrogen) atoms. The van der Waals surface area contributed by atoms with Gasteiger partial charge in [-0.05, 0) is 30.2 Å². The van der Waals surface area contributed by atoms with Crippen molar-refractivity contribution in [3.63, 3.8) is 0 Å². The molecular weight excluding hydrogens is 410 g/mol. The van der Waals surface area contributed by atoms with Crippen molar-refractivity contribution in [2.45, 2.75) is 26.4 Å². The second kappa shape index (κ2) is 8.49. The van der Waals surface area contributed by atoms with Crippen LogP contribution in [0.4, 0.5) is 5.69 Å². The molecule has 0 bridgehead atoms. The van der Waals surface area contributed by atoms with Crippen molar-refractivity contribution in [2.75, 3.05) is 11.0 Å². The first-order chi connectivity index (χ1) is 14.2. The number of hydrogen-bond acceptors (Lipinski definition) is 6. The normalized spacial score (nSPS) is 11.4. The number of fused-ring (bicyclic) bond motifs is 1. The summed E-state index contributed by atoms with van der Waals surface area (Å²) in [6.07, 6.45) is 3.04. The van der Waals surface area contributed by atoms with Gasteiger partial charge in [0.2, 0.25) is 10.0 Å². The maximum Gasteiger partial charge on any atom is 0.329 e. The van der Waals surface area contributed by atoms with Crippen LogP contribution in [0.15, 0.2) is 46.1 Å². The van der Waals surface area contributed by atoms with Gasteiger partial charge in [0.25, 0.3) is 11.5 Å². The SMILES string of the molecule is CCCn1c(=O)[nH]c(=O)c2cc(C(=O)NCc3cccc(NS(C)(=O)=O)c3)cnc21. The van der Waals surface area contributed by atoms with E-state index in [-0.39, 0.29) is 23.1 Å². The zero-order valence-electron chi connectivity index (χ0n) is 16.4. The Bertz CT molecular complexity index is 1330. The Morgan fingerprint density at radius 2 is 2.00 bits per heavy atom. The van der Waals surface area contributed by atoms with Crippen molar-refractivity contribution in [2.24, 2.45) is 0 Å². The molecule has 3 N–H and O–H groups in total. The molecule has 0 unspecified atom stereocenters. The number of aromatic amines is 1. The summed E-state index contributed by atoms with van der Waals surface area (Å²) in [5.74, 6) is -0.460. The molecule has 0 aliphatic rings. The molecule has 1 aromatic carbocycles. The van der Waals surface area contributed by atoms with Crippen molar-refractivity contribution in [3.05, 3.63) is 68.5 Å². The van der Waals surface area contributed by atoms with Gasteiger partial charge in [0, 0.05) is 25.0 Å². The van der Waals surface area contributed by atoms with Crippen LogP contribution < -0.4 is 21.3 Å². The number of amides is 1. The van der Waals surface area contributed by atoms with E-state index >= 15 is 0 Å². The smallest absolute Gasteiger partial charge is 0.329 e. The van der Waals surface area contributed by atoms with Crippen LogP contribution in [-0.2, 0) is 23.1 Å². The Morgan fingerprint density at radius 1 is 1.23 bits per heavy atom. The summed E-state index contributed by atoms with van der Waals surface area (Å²) in [6.45, 7) is 2.43. The first-order valence-electron chi connectivity index (χ1n) is 9.15. The van der Waals surface area contributed by atoms with Crippen LogP contribution in [0.3, 0.4) is 0 Å². The predicted molar refractivity (Wildman–Crippen MR) is 113 cm³/mol. The molecule has 2 heterocycles. The van der Waals surface area contributed by atoms with Crippen molar-refractivity contribution >= 4 is 32.7 Å². The highest BCUT2D eigenvalue weighted by Gasteiger charge is 2.13. The molecular formula is C19H21N5O5S.